The monoisotopic (exact) mass is 180 g/mol. The van der Waals surface area contributed by atoms with Gasteiger partial charge in [0, 0.05) is 36.5 Å². The molecule has 0 spiro atoms. The van der Waals surface area contributed by atoms with E-state index in [-0.39, 0.29) is 0 Å². The van der Waals surface area contributed by atoms with Crippen LogP contribution in [-0.4, -0.2) is 23.0 Å². The Balaban J connectivity index is 2.08. The minimum absolute atomic E-state index is 0.534. The van der Waals surface area contributed by atoms with Gasteiger partial charge in [-0.2, -0.15) is 11.8 Å². The number of hydrogen-bond acceptors (Lipinski definition) is 3. The maximum absolute atomic E-state index is 4.01. The van der Waals surface area contributed by atoms with Gasteiger partial charge in [0.15, 0.2) is 0 Å². The van der Waals surface area contributed by atoms with E-state index in [1.54, 1.807) is 0 Å². The van der Waals surface area contributed by atoms with Crippen LogP contribution >= 0.6 is 11.8 Å². The molecule has 1 aromatic heterocycles. The molecule has 1 aliphatic heterocycles. The molecule has 64 valence electrons. The van der Waals surface area contributed by atoms with Crippen LogP contribution in [0.4, 0.5) is 0 Å². The summed E-state index contributed by atoms with van der Waals surface area (Å²) in [6, 6.07) is 4.71. The van der Waals surface area contributed by atoms with Gasteiger partial charge >= 0.3 is 0 Å². The number of pyridine rings is 1. The number of aromatic nitrogens is 1. The molecule has 1 saturated heterocycles. The van der Waals surface area contributed by atoms with Crippen molar-refractivity contribution in [2.75, 3.05) is 18.1 Å². The van der Waals surface area contributed by atoms with Gasteiger partial charge in [0.1, 0.15) is 0 Å². The highest BCUT2D eigenvalue weighted by Crippen LogP contribution is 2.20. The molecular weight excluding hydrogens is 168 g/mol. The quantitative estimate of drug-likeness (QED) is 0.708. The minimum Gasteiger partial charge on any atom is -0.308 e. The second-order valence-corrected chi connectivity index (χ2v) is 4.01. The number of rotatable bonds is 1. The van der Waals surface area contributed by atoms with Crippen molar-refractivity contribution in [3.05, 3.63) is 30.1 Å². The summed E-state index contributed by atoms with van der Waals surface area (Å²) in [5.74, 6) is 2.42. The maximum atomic E-state index is 4.01. The lowest BCUT2D eigenvalue weighted by Crippen LogP contribution is -2.30. The third-order valence-electron chi connectivity index (χ3n) is 2.03. The first-order chi connectivity index (χ1) is 5.97. The molecule has 1 atom stereocenters. The Bertz CT molecular complexity index is 232. The SMILES string of the molecule is c1cc(C2CSCCN2)ccn1. The molecule has 1 aliphatic rings. The largest absolute Gasteiger partial charge is 0.308 e. The van der Waals surface area contributed by atoms with Crippen LogP contribution in [0.1, 0.15) is 11.6 Å². The van der Waals surface area contributed by atoms with E-state index >= 15 is 0 Å². The summed E-state index contributed by atoms with van der Waals surface area (Å²) in [5.41, 5.74) is 1.36. The molecule has 0 amide bonds. The first-order valence-electron chi connectivity index (χ1n) is 4.18. The van der Waals surface area contributed by atoms with Crippen molar-refractivity contribution in [1.82, 2.24) is 10.3 Å². The normalized spacial score (nSPS) is 23.8. The smallest absolute Gasteiger partial charge is 0.0413 e. The summed E-state index contributed by atoms with van der Waals surface area (Å²) in [7, 11) is 0. The van der Waals surface area contributed by atoms with Crippen LogP contribution in [-0.2, 0) is 0 Å². The second kappa shape index (κ2) is 3.92. The molecule has 1 N–H and O–H groups in total. The van der Waals surface area contributed by atoms with E-state index in [0.717, 1.165) is 6.54 Å². The van der Waals surface area contributed by atoms with Crippen LogP contribution in [0.3, 0.4) is 0 Å². The van der Waals surface area contributed by atoms with Crippen LogP contribution in [0, 0.1) is 0 Å². The zero-order chi connectivity index (χ0) is 8.23. The van der Waals surface area contributed by atoms with Crippen molar-refractivity contribution in [2.45, 2.75) is 6.04 Å². The number of thioether (sulfide) groups is 1. The van der Waals surface area contributed by atoms with Gasteiger partial charge in [-0.3, -0.25) is 4.98 Å². The van der Waals surface area contributed by atoms with E-state index in [9.17, 15) is 0 Å². The highest BCUT2D eigenvalue weighted by molar-refractivity contribution is 7.99. The van der Waals surface area contributed by atoms with Gasteiger partial charge in [-0.05, 0) is 17.7 Å². The van der Waals surface area contributed by atoms with Crippen LogP contribution in [0.5, 0.6) is 0 Å². The van der Waals surface area contributed by atoms with E-state index in [0.29, 0.717) is 6.04 Å². The summed E-state index contributed by atoms with van der Waals surface area (Å²) in [4.78, 5) is 4.01. The van der Waals surface area contributed by atoms with E-state index in [2.05, 4.69) is 22.4 Å². The Morgan fingerprint density at radius 2 is 2.25 bits per heavy atom. The van der Waals surface area contributed by atoms with Crippen LogP contribution in [0.2, 0.25) is 0 Å². The molecule has 3 heteroatoms. The second-order valence-electron chi connectivity index (χ2n) is 2.86. The van der Waals surface area contributed by atoms with Crippen molar-refractivity contribution in [3.63, 3.8) is 0 Å². The predicted octanol–water partition coefficient (Wildman–Crippen LogP) is 1.46. The molecule has 2 heterocycles. The van der Waals surface area contributed by atoms with Crippen LogP contribution in [0.25, 0.3) is 0 Å². The van der Waals surface area contributed by atoms with E-state index in [1.807, 2.05) is 24.2 Å². The summed E-state index contributed by atoms with van der Waals surface area (Å²) >= 11 is 2.01. The average Bonchev–Trinajstić information content (AvgIpc) is 2.21. The Morgan fingerprint density at radius 1 is 1.42 bits per heavy atom. The molecule has 2 rings (SSSR count). The fraction of sp³-hybridized carbons (Fsp3) is 0.444. The molecule has 0 aliphatic carbocycles. The lowest BCUT2D eigenvalue weighted by molar-refractivity contribution is 0.594. The van der Waals surface area contributed by atoms with Crippen molar-refractivity contribution in [3.8, 4) is 0 Å². The van der Waals surface area contributed by atoms with Crippen LogP contribution in [0.15, 0.2) is 24.5 Å². The highest BCUT2D eigenvalue weighted by Gasteiger charge is 2.13. The number of nitrogens with one attached hydrogen (secondary N) is 1. The fourth-order valence-corrected chi connectivity index (χ4v) is 2.35. The van der Waals surface area contributed by atoms with Gasteiger partial charge < -0.3 is 5.32 Å². The molecule has 1 aromatic rings. The van der Waals surface area contributed by atoms with Crippen molar-refractivity contribution in [2.24, 2.45) is 0 Å². The van der Waals surface area contributed by atoms with E-state index in [4.69, 9.17) is 0 Å². The van der Waals surface area contributed by atoms with Gasteiger partial charge in [-0.15, -0.1) is 0 Å². The molecule has 0 radical (unpaired) electrons. The predicted molar refractivity (Wildman–Crippen MR) is 52.3 cm³/mol. The summed E-state index contributed by atoms with van der Waals surface area (Å²) < 4.78 is 0. The molecular formula is C9H12N2S. The van der Waals surface area contributed by atoms with Gasteiger partial charge in [0.05, 0.1) is 0 Å². The molecule has 1 unspecified atom stereocenters. The van der Waals surface area contributed by atoms with Crippen molar-refractivity contribution >= 4 is 11.8 Å². The third kappa shape index (κ3) is 1.79. The standard InChI is InChI=1S/C9H12N2S/c1-3-10-4-2-8(1)9-7-12-6-5-11-9/h1-4,9,11H,5-7H2. The lowest BCUT2D eigenvalue weighted by atomic mass is 10.1. The van der Waals surface area contributed by atoms with Crippen molar-refractivity contribution < 1.29 is 0 Å². The first-order valence-corrected chi connectivity index (χ1v) is 5.33. The van der Waals surface area contributed by atoms with Gasteiger partial charge in [0.2, 0.25) is 0 Å². The molecule has 0 bridgehead atoms. The zero-order valence-electron chi connectivity index (χ0n) is 6.86. The Morgan fingerprint density at radius 3 is 2.92 bits per heavy atom. The van der Waals surface area contributed by atoms with Gasteiger partial charge in [-0.25, -0.2) is 0 Å². The Kier molecular flexibility index (Phi) is 2.64. The summed E-state index contributed by atoms with van der Waals surface area (Å²) in [6.07, 6.45) is 3.71. The first kappa shape index (κ1) is 8.08. The number of hydrogen-bond donors (Lipinski definition) is 1. The lowest BCUT2D eigenvalue weighted by Gasteiger charge is -2.23. The highest BCUT2D eigenvalue weighted by atomic mass is 32.2. The molecule has 12 heavy (non-hydrogen) atoms. The molecule has 1 fully saturated rings. The van der Waals surface area contributed by atoms with Crippen molar-refractivity contribution in [1.29, 1.82) is 0 Å². The van der Waals surface area contributed by atoms with E-state index in [1.165, 1.54) is 17.1 Å². The third-order valence-corrected chi connectivity index (χ3v) is 3.09. The average molecular weight is 180 g/mol. The minimum atomic E-state index is 0.534. The summed E-state index contributed by atoms with van der Waals surface area (Å²) in [5, 5.41) is 3.49. The summed E-state index contributed by atoms with van der Waals surface area (Å²) in [6.45, 7) is 1.12. The Labute approximate surface area is 76.8 Å². The zero-order valence-corrected chi connectivity index (χ0v) is 7.68. The van der Waals surface area contributed by atoms with E-state index < -0.39 is 0 Å². The molecule has 0 saturated carbocycles. The van der Waals surface area contributed by atoms with Crippen LogP contribution < -0.4 is 5.32 Å². The Hall–Kier alpha value is -0.540. The number of nitrogens with zero attached hydrogens (tertiary/aromatic N) is 1. The molecule has 0 aromatic carbocycles. The fourth-order valence-electron chi connectivity index (χ4n) is 1.38. The maximum Gasteiger partial charge on any atom is 0.0413 e. The van der Waals surface area contributed by atoms with Gasteiger partial charge in [0.25, 0.3) is 0 Å². The molecule has 2 nitrogen and oxygen atoms in total. The van der Waals surface area contributed by atoms with Gasteiger partial charge in [-0.1, -0.05) is 0 Å². The topological polar surface area (TPSA) is 24.9 Å².